The second-order valence-electron chi connectivity index (χ2n) is 4.35. The molecule has 94 valence electrons. The molecule has 1 atom stereocenters. The number of benzene rings is 1. The highest BCUT2D eigenvalue weighted by Gasteiger charge is 2.14. The highest BCUT2D eigenvalue weighted by molar-refractivity contribution is 5.47. The summed E-state index contributed by atoms with van der Waals surface area (Å²) in [7, 11) is 0. The van der Waals surface area contributed by atoms with Crippen molar-refractivity contribution in [2.45, 2.75) is 19.9 Å². The van der Waals surface area contributed by atoms with Crippen LogP contribution in [-0.4, -0.2) is 32.8 Å². The molecule has 1 aromatic rings. The Labute approximate surface area is 104 Å². The van der Waals surface area contributed by atoms with E-state index in [1.807, 2.05) is 0 Å². The van der Waals surface area contributed by atoms with Crippen LogP contribution in [0.15, 0.2) is 24.3 Å². The fraction of sp³-hybridized carbons (Fsp3) is 0.571. The molecule has 0 amide bonds. The molecule has 0 spiro atoms. The van der Waals surface area contributed by atoms with Crippen molar-refractivity contribution >= 4 is 5.69 Å². The zero-order chi connectivity index (χ0) is 12.1. The first kappa shape index (κ1) is 12.4. The fourth-order valence-corrected chi connectivity index (χ4v) is 2.29. The molecule has 1 N–H and O–H groups in total. The quantitative estimate of drug-likeness (QED) is 0.864. The predicted octanol–water partition coefficient (Wildman–Crippen LogP) is 2.19. The van der Waals surface area contributed by atoms with Gasteiger partial charge < -0.3 is 15.0 Å². The van der Waals surface area contributed by atoms with Crippen molar-refractivity contribution in [2.24, 2.45) is 0 Å². The lowest BCUT2D eigenvalue weighted by Gasteiger charge is -2.25. The average molecular weight is 234 g/mol. The number of nitrogens with zero attached hydrogens (tertiary/aromatic N) is 1. The molecule has 17 heavy (non-hydrogen) atoms. The molecule has 3 heteroatoms. The monoisotopic (exact) mass is 234 g/mol. The lowest BCUT2D eigenvalue weighted by Crippen LogP contribution is -2.34. The molecule has 1 saturated heterocycles. The fourth-order valence-electron chi connectivity index (χ4n) is 2.29. The van der Waals surface area contributed by atoms with Gasteiger partial charge in [0.2, 0.25) is 0 Å². The van der Waals surface area contributed by atoms with Gasteiger partial charge in [0.25, 0.3) is 0 Å². The second-order valence-corrected chi connectivity index (χ2v) is 4.35. The first-order valence-corrected chi connectivity index (χ1v) is 6.51. The number of anilines is 1. The number of hydrogen-bond donors (Lipinski definition) is 1. The van der Waals surface area contributed by atoms with Crippen molar-refractivity contribution < 1.29 is 4.74 Å². The highest BCUT2D eigenvalue weighted by Crippen LogP contribution is 2.20. The van der Waals surface area contributed by atoms with Gasteiger partial charge in [0.05, 0.1) is 19.3 Å². The minimum atomic E-state index is 0.356. The summed E-state index contributed by atoms with van der Waals surface area (Å²) in [5, 5.41) is 3.47. The molecule has 3 nitrogen and oxygen atoms in total. The normalized spacial score (nSPS) is 20.2. The molecule has 1 aliphatic rings. The summed E-state index contributed by atoms with van der Waals surface area (Å²) in [5.41, 5.74) is 2.62. The molecule has 0 saturated carbocycles. The van der Waals surface area contributed by atoms with E-state index >= 15 is 0 Å². The molecule has 0 aromatic heterocycles. The Morgan fingerprint density at radius 1 is 1.24 bits per heavy atom. The molecular formula is C14H22N2O. The minimum Gasteiger partial charge on any atom is -0.378 e. The molecule has 1 unspecified atom stereocenters. The zero-order valence-electron chi connectivity index (χ0n) is 10.8. The van der Waals surface area contributed by atoms with Gasteiger partial charge in [-0.05, 0) is 31.5 Å². The Bertz CT molecular complexity index is 327. The second kappa shape index (κ2) is 6.03. The van der Waals surface area contributed by atoms with Gasteiger partial charge in [-0.2, -0.15) is 0 Å². The Kier molecular flexibility index (Phi) is 4.40. The van der Waals surface area contributed by atoms with E-state index in [1.165, 1.54) is 11.3 Å². The van der Waals surface area contributed by atoms with Crippen LogP contribution in [0.5, 0.6) is 0 Å². The standard InChI is InChI=1S/C14H22N2O/c1-3-16(4-2)13-7-5-12(6-8-13)14-11-17-10-9-15-14/h5-8,14-15H,3-4,9-11H2,1-2H3. The van der Waals surface area contributed by atoms with Crippen LogP contribution in [0.25, 0.3) is 0 Å². The molecule has 0 radical (unpaired) electrons. The van der Waals surface area contributed by atoms with Crippen molar-refractivity contribution in [1.82, 2.24) is 5.32 Å². The van der Waals surface area contributed by atoms with E-state index in [1.54, 1.807) is 0 Å². The summed E-state index contributed by atoms with van der Waals surface area (Å²) in [6.45, 7) is 9.05. The first-order valence-electron chi connectivity index (χ1n) is 6.51. The third-order valence-corrected chi connectivity index (χ3v) is 3.35. The molecule has 1 fully saturated rings. The van der Waals surface area contributed by atoms with Crippen LogP contribution in [0.3, 0.4) is 0 Å². The average Bonchev–Trinajstić information content (AvgIpc) is 2.42. The van der Waals surface area contributed by atoms with Gasteiger partial charge in [0.1, 0.15) is 0 Å². The van der Waals surface area contributed by atoms with E-state index in [0.29, 0.717) is 6.04 Å². The summed E-state index contributed by atoms with van der Waals surface area (Å²) in [4.78, 5) is 2.36. The van der Waals surface area contributed by atoms with Crippen LogP contribution >= 0.6 is 0 Å². The van der Waals surface area contributed by atoms with Gasteiger partial charge in [-0.25, -0.2) is 0 Å². The van der Waals surface area contributed by atoms with E-state index in [0.717, 1.165) is 32.8 Å². The van der Waals surface area contributed by atoms with Crippen LogP contribution in [0, 0.1) is 0 Å². The molecule has 0 bridgehead atoms. The van der Waals surface area contributed by atoms with Gasteiger partial charge in [-0.3, -0.25) is 0 Å². The van der Waals surface area contributed by atoms with Gasteiger partial charge >= 0.3 is 0 Å². The highest BCUT2D eigenvalue weighted by atomic mass is 16.5. The number of nitrogens with one attached hydrogen (secondary N) is 1. The van der Waals surface area contributed by atoms with E-state index in [2.05, 4.69) is 48.3 Å². The maximum Gasteiger partial charge on any atom is 0.0662 e. The molecule has 1 aromatic carbocycles. The number of hydrogen-bond acceptors (Lipinski definition) is 3. The molecule has 2 rings (SSSR count). The van der Waals surface area contributed by atoms with E-state index in [-0.39, 0.29) is 0 Å². The first-order chi connectivity index (χ1) is 8.35. The zero-order valence-corrected chi connectivity index (χ0v) is 10.8. The molecule has 1 aliphatic heterocycles. The third-order valence-electron chi connectivity index (χ3n) is 3.35. The third kappa shape index (κ3) is 2.99. The van der Waals surface area contributed by atoms with Crippen molar-refractivity contribution in [3.63, 3.8) is 0 Å². The van der Waals surface area contributed by atoms with Crippen LogP contribution in [-0.2, 0) is 4.74 Å². The minimum absolute atomic E-state index is 0.356. The maximum atomic E-state index is 5.48. The molecule has 1 heterocycles. The summed E-state index contributed by atoms with van der Waals surface area (Å²) >= 11 is 0. The molecule has 0 aliphatic carbocycles. The van der Waals surface area contributed by atoms with Crippen LogP contribution in [0.2, 0.25) is 0 Å². The summed E-state index contributed by atoms with van der Waals surface area (Å²) in [6.07, 6.45) is 0. The maximum absolute atomic E-state index is 5.48. The number of morpholine rings is 1. The predicted molar refractivity (Wildman–Crippen MR) is 71.6 cm³/mol. The largest absolute Gasteiger partial charge is 0.378 e. The number of rotatable bonds is 4. The lowest BCUT2D eigenvalue weighted by atomic mass is 10.1. The molecular weight excluding hydrogens is 212 g/mol. The van der Waals surface area contributed by atoms with Crippen molar-refractivity contribution in [2.75, 3.05) is 37.7 Å². The van der Waals surface area contributed by atoms with Crippen molar-refractivity contribution in [3.8, 4) is 0 Å². The summed E-state index contributed by atoms with van der Waals surface area (Å²) in [5.74, 6) is 0. The topological polar surface area (TPSA) is 24.5 Å². The van der Waals surface area contributed by atoms with Crippen molar-refractivity contribution in [1.29, 1.82) is 0 Å². The summed E-state index contributed by atoms with van der Waals surface area (Å²) in [6, 6.07) is 9.19. The SMILES string of the molecule is CCN(CC)c1ccc(C2COCCN2)cc1. The van der Waals surface area contributed by atoms with Gasteiger partial charge in [-0.15, -0.1) is 0 Å². The van der Waals surface area contributed by atoms with Gasteiger partial charge in [-0.1, -0.05) is 12.1 Å². The summed E-state index contributed by atoms with van der Waals surface area (Å²) < 4.78 is 5.48. The van der Waals surface area contributed by atoms with Crippen molar-refractivity contribution in [3.05, 3.63) is 29.8 Å². The van der Waals surface area contributed by atoms with E-state index in [4.69, 9.17) is 4.74 Å². The van der Waals surface area contributed by atoms with Gasteiger partial charge in [0.15, 0.2) is 0 Å². The Morgan fingerprint density at radius 2 is 1.94 bits per heavy atom. The van der Waals surface area contributed by atoms with Crippen LogP contribution in [0.1, 0.15) is 25.5 Å². The lowest BCUT2D eigenvalue weighted by molar-refractivity contribution is 0.0769. The van der Waals surface area contributed by atoms with E-state index in [9.17, 15) is 0 Å². The smallest absolute Gasteiger partial charge is 0.0662 e. The van der Waals surface area contributed by atoms with Gasteiger partial charge in [0, 0.05) is 25.3 Å². The van der Waals surface area contributed by atoms with Crippen LogP contribution in [0.4, 0.5) is 5.69 Å². The van der Waals surface area contributed by atoms with E-state index < -0.39 is 0 Å². The van der Waals surface area contributed by atoms with Crippen LogP contribution < -0.4 is 10.2 Å². The number of ether oxygens (including phenoxy) is 1. The Balaban J connectivity index is 2.06. The Hall–Kier alpha value is -1.06. The Morgan fingerprint density at radius 3 is 2.47 bits per heavy atom.